The normalized spacial score (nSPS) is 12.6. The van der Waals surface area contributed by atoms with Crippen molar-refractivity contribution in [2.45, 2.75) is 9.79 Å². The van der Waals surface area contributed by atoms with Crippen LogP contribution >= 0.6 is 0 Å². The van der Waals surface area contributed by atoms with Crippen LogP contribution in [0.2, 0.25) is 0 Å². The molecule has 0 fully saturated rings. The maximum absolute atomic E-state index is 11.8. The average molecular weight is 470 g/mol. The van der Waals surface area contributed by atoms with Gasteiger partial charge in [-0.25, -0.2) is 9.97 Å². The average Bonchev–Trinajstić information content (AvgIpc) is 3.36. The van der Waals surface area contributed by atoms with Gasteiger partial charge >= 0.3 is 0 Å². The molecule has 0 aliphatic carbocycles. The number of nitrogens with zero attached hydrogens (tertiary/aromatic N) is 2. The molecule has 0 aliphatic rings. The van der Waals surface area contributed by atoms with Gasteiger partial charge in [0.25, 0.3) is 20.2 Å². The number of H-pyrrole nitrogens is 2. The van der Waals surface area contributed by atoms with Crippen molar-refractivity contribution in [2.24, 2.45) is 0 Å². The first kappa shape index (κ1) is 20.3. The van der Waals surface area contributed by atoms with Gasteiger partial charge in [-0.1, -0.05) is 36.4 Å². The standard InChI is InChI=1S/C20H14N4O6S2/c25-31(26,27)13-9-16-18(17(10-13)32(28,29)30)24-20(23-16)12-7-5-11(6-8-12)19-21-14-3-1-2-4-15(14)22-19/h1-10H,(H,21,22)(H,23,24)(H,25,26,27)(H,28,29,30). The first-order valence-electron chi connectivity index (χ1n) is 9.14. The van der Waals surface area contributed by atoms with E-state index < -0.39 is 30.0 Å². The van der Waals surface area contributed by atoms with Gasteiger partial charge in [0.15, 0.2) is 0 Å². The van der Waals surface area contributed by atoms with Crippen molar-refractivity contribution in [3.05, 3.63) is 60.7 Å². The Morgan fingerprint density at radius 3 is 1.88 bits per heavy atom. The zero-order valence-electron chi connectivity index (χ0n) is 16.0. The lowest BCUT2D eigenvalue weighted by atomic mass is 10.1. The number of hydrogen-bond donors (Lipinski definition) is 4. The van der Waals surface area contributed by atoms with E-state index in [9.17, 15) is 25.9 Å². The highest BCUT2D eigenvalue weighted by Gasteiger charge is 2.23. The molecule has 5 rings (SSSR count). The van der Waals surface area contributed by atoms with E-state index in [-0.39, 0.29) is 16.9 Å². The number of rotatable bonds is 4. The lowest BCUT2D eigenvalue weighted by Gasteiger charge is -2.02. The zero-order valence-corrected chi connectivity index (χ0v) is 17.6. The predicted octanol–water partition coefficient (Wildman–Crippen LogP) is 3.27. The van der Waals surface area contributed by atoms with Crippen LogP contribution in [0.1, 0.15) is 0 Å². The largest absolute Gasteiger partial charge is 0.338 e. The Kier molecular flexibility index (Phi) is 4.43. The molecule has 0 saturated heterocycles. The molecular formula is C20H14N4O6S2. The quantitative estimate of drug-likeness (QED) is 0.290. The molecule has 0 spiro atoms. The number of benzene rings is 3. The number of imidazole rings is 2. The van der Waals surface area contributed by atoms with Crippen LogP contribution in [-0.2, 0) is 20.2 Å². The van der Waals surface area contributed by atoms with E-state index in [0.29, 0.717) is 17.5 Å². The predicted molar refractivity (Wildman–Crippen MR) is 116 cm³/mol. The Balaban J connectivity index is 1.60. The number of fused-ring (bicyclic) bond motifs is 2. The summed E-state index contributed by atoms with van der Waals surface area (Å²) in [5.74, 6) is 0.919. The zero-order chi connectivity index (χ0) is 22.7. The Hall–Kier alpha value is -3.58. The number of aromatic nitrogens is 4. The van der Waals surface area contributed by atoms with E-state index in [4.69, 9.17) is 0 Å². The molecule has 5 aromatic rings. The van der Waals surface area contributed by atoms with Crippen LogP contribution in [0.4, 0.5) is 0 Å². The molecule has 0 saturated carbocycles. The van der Waals surface area contributed by atoms with Gasteiger partial charge in [0.2, 0.25) is 0 Å². The fraction of sp³-hybridized carbons (Fsp3) is 0. The van der Waals surface area contributed by atoms with E-state index in [1.165, 1.54) is 0 Å². The first-order valence-corrected chi connectivity index (χ1v) is 12.0. The summed E-state index contributed by atoms with van der Waals surface area (Å²) in [6.45, 7) is 0. The van der Waals surface area contributed by atoms with E-state index in [1.54, 1.807) is 24.3 Å². The van der Waals surface area contributed by atoms with Crippen LogP contribution < -0.4 is 0 Å². The molecule has 3 aromatic carbocycles. The molecule has 32 heavy (non-hydrogen) atoms. The second-order valence-corrected chi connectivity index (χ2v) is 9.84. The molecule has 10 nitrogen and oxygen atoms in total. The first-order chi connectivity index (χ1) is 15.1. The maximum atomic E-state index is 11.8. The van der Waals surface area contributed by atoms with Crippen molar-refractivity contribution in [2.75, 3.05) is 0 Å². The molecule has 4 N–H and O–H groups in total. The third-order valence-corrected chi connectivity index (χ3v) is 6.62. The van der Waals surface area contributed by atoms with Gasteiger partial charge < -0.3 is 9.97 Å². The van der Waals surface area contributed by atoms with Gasteiger partial charge in [0.1, 0.15) is 22.1 Å². The van der Waals surface area contributed by atoms with Gasteiger partial charge in [-0.2, -0.15) is 16.8 Å². The minimum atomic E-state index is -4.81. The summed E-state index contributed by atoms with van der Waals surface area (Å²) in [4.78, 5) is 13.4. The molecule has 0 aliphatic heterocycles. The maximum Gasteiger partial charge on any atom is 0.296 e. The molecule has 12 heteroatoms. The summed E-state index contributed by atoms with van der Waals surface area (Å²) in [6, 6.07) is 16.4. The van der Waals surface area contributed by atoms with Gasteiger partial charge in [0.05, 0.1) is 21.4 Å². The highest BCUT2D eigenvalue weighted by Crippen LogP contribution is 2.30. The van der Waals surface area contributed by atoms with Gasteiger partial charge in [-0.05, 0) is 24.3 Å². The SMILES string of the molecule is O=S(=O)(O)c1cc(S(=O)(=O)O)c2nc(-c3ccc(-c4nc5ccccc5[nH]4)cc3)[nH]c2c1. The summed E-state index contributed by atoms with van der Waals surface area (Å²) >= 11 is 0. The highest BCUT2D eigenvalue weighted by atomic mass is 32.2. The number of para-hydroxylation sites is 2. The van der Waals surface area contributed by atoms with E-state index in [0.717, 1.165) is 22.7 Å². The van der Waals surface area contributed by atoms with Crippen molar-refractivity contribution in [3.8, 4) is 22.8 Å². The fourth-order valence-corrected chi connectivity index (χ4v) is 4.70. The van der Waals surface area contributed by atoms with Crippen LogP contribution in [0, 0.1) is 0 Å². The van der Waals surface area contributed by atoms with Crippen LogP contribution in [0.25, 0.3) is 44.8 Å². The third-order valence-electron chi connectivity index (χ3n) is 4.92. The van der Waals surface area contributed by atoms with Crippen molar-refractivity contribution < 1.29 is 25.9 Å². The van der Waals surface area contributed by atoms with Crippen LogP contribution in [0.3, 0.4) is 0 Å². The van der Waals surface area contributed by atoms with Gasteiger partial charge in [0, 0.05) is 11.1 Å². The topological polar surface area (TPSA) is 166 Å². The Bertz CT molecular complexity index is 1690. The molecule has 0 unspecified atom stereocenters. The van der Waals surface area contributed by atoms with Crippen molar-refractivity contribution in [1.29, 1.82) is 0 Å². The highest BCUT2D eigenvalue weighted by molar-refractivity contribution is 7.86. The summed E-state index contributed by atoms with van der Waals surface area (Å²) in [6.07, 6.45) is 0. The van der Waals surface area contributed by atoms with Crippen molar-refractivity contribution in [1.82, 2.24) is 19.9 Å². The van der Waals surface area contributed by atoms with Crippen molar-refractivity contribution >= 4 is 42.3 Å². The van der Waals surface area contributed by atoms with E-state index in [1.807, 2.05) is 24.3 Å². The lowest BCUT2D eigenvalue weighted by molar-refractivity contribution is 0.482. The molecular weight excluding hydrogens is 456 g/mol. The number of hydrogen-bond acceptors (Lipinski definition) is 6. The van der Waals surface area contributed by atoms with E-state index >= 15 is 0 Å². The minimum Gasteiger partial charge on any atom is -0.338 e. The number of nitrogens with one attached hydrogen (secondary N) is 2. The van der Waals surface area contributed by atoms with Gasteiger partial charge in [-0.3, -0.25) is 9.11 Å². The minimum absolute atomic E-state index is 0.0177. The lowest BCUT2D eigenvalue weighted by Crippen LogP contribution is -2.04. The Morgan fingerprint density at radius 1 is 0.688 bits per heavy atom. The molecule has 2 heterocycles. The fourth-order valence-electron chi connectivity index (χ4n) is 3.42. The van der Waals surface area contributed by atoms with Gasteiger partial charge in [-0.15, -0.1) is 0 Å². The summed E-state index contributed by atoms with van der Waals surface area (Å²) in [5, 5.41) is 0. The molecule has 2 aromatic heterocycles. The number of aromatic amines is 2. The van der Waals surface area contributed by atoms with Crippen LogP contribution in [0.15, 0.2) is 70.5 Å². The molecule has 162 valence electrons. The Labute approximate surface area is 181 Å². The smallest absolute Gasteiger partial charge is 0.296 e. The molecule has 0 amide bonds. The monoisotopic (exact) mass is 470 g/mol. The van der Waals surface area contributed by atoms with E-state index in [2.05, 4.69) is 19.9 Å². The molecule has 0 atom stereocenters. The van der Waals surface area contributed by atoms with Crippen molar-refractivity contribution in [3.63, 3.8) is 0 Å². The second-order valence-electron chi connectivity index (χ2n) is 7.03. The third kappa shape index (κ3) is 3.54. The Morgan fingerprint density at radius 2 is 1.28 bits per heavy atom. The molecule has 0 bridgehead atoms. The summed E-state index contributed by atoms with van der Waals surface area (Å²) < 4.78 is 65.4. The van der Waals surface area contributed by atoms with Crippen LogP contribution in [-0.4, -0.2) is 45.9 Å². The second kappa shape index (κ2) is 6.97. The summed E-state index contributed by atoms with van der Waals surface area (Å²) in [5.41, 5.74) is 2.98. The van der Waals surface area contributed by atoms with Crippen LogP contribution in [0.5, 0.6) is 0 Å². The summed E-state index contributed by atoms with van der Waals surface area (Å²) in [7, 11) is -9.52. The molecule has 0 radical (unpaired) electrons.